The number of carbonyl (C=O) groups excluding carboxylic acids is 1. The zero-order valence-electron chi connectivity index (χ0n) is 15.9. The second kappa shape index (κ2) is 7.86. The molecule has 27 heavy (non-hydrogen) atoms. The Hall–Kier alpha value is -2.76. The molecule has 0 aromatic heterocycles. The number of benzene rings is 2. The second-order valence-corrected chi connectivity index (χ2v) is 7.38. The molecule has 2 aromatic rings. The molecule has 0 atom stereocenters. The molecule has 6 heteroatoms. The van der Waals surface area contributed by atoms with Crippen LogP contribution in [0.25, 0.3) is 0 Å². The number of halogens is 1. The van der Waals surface area contributed by atoms with Crippen molar-refractivity contribution in [3.8, 4) is 11.5 Å². The van der Waals surface area contributed by atoms with Crippen molar-refractivity contribution in [2.75, 3.05) is 26.8 Å². The van der Waals surface area contributed by atoms with Gasteiger partial charge in [0.1, 0.15) is 19.0 Å². The van der Waals surface area contributed by atoms with E-state index in [1.807, 2.05) is 18.2 Å². The van der Waals surface area contributed by atoms with Crippen LogP contribution in [0.3, 0.4) is 0 Å². The molecule has 1 aliphatic heterocycles. The summed E-state index contributed by atoms with van der Waals surface area (Å²) in [6, 6.07) is 11.9. The Morgan fingerprint density at radius 3 is 2.48 bits per heavy atom. The highest BCUT2D eigenvalue weighted by molar-refractivity contribution is 5.74. The molecule has 0 fully saturated rings. The Kier molecular flexibility index (Phi) is 5.54. The number of carbonyl (C=O) groups is 1. The highest BCUT2D eigenvalue weighted by atomic mass is 19.1. The molecule has 0 unspecified atom stereocenters. The van der Waals surface area contributed by atoms with E-state index in [9.17, 15) is 9.18 Å². The molecular weight excluding hydrogens is 347 g/mol. The summed E-state index contributed by atoms with van der Waals surface area (Å²) in [5.41, 5.74) is 1.66. The first-order valence-corrected chi connectivity index (χ1v) is 8.99. The third-order valence-electron chi connectivity index (χ3n) is 4.68. The van der Waals surface area contributed by atoms with Gasteiger partial charge in [0.25, 0.3) is 0 Å². The molecule has 144 valence electrons. The van der Waals surface area contributed by atoms with Gasteiger partial charge in [-0.15, -0.1) is 0 Å². The lowest BCUT2D eigenvalue weighted by Crippen LogP contribution is -2.42. The molecular formula is C21H25FN2O3. The number of rotatable bonds is 5. The lowest BCUT2D eigenvalue weighted by Gasteiger charge is -2.29. The summed E-state index contributed by atoms with van der Waals surface area (Å²) in [7, 11) is 1.72. The maximum atomic E-state index is 13.0. The molecule has 5 nitrogen and oxygen atoms in total. The summed E-state index contributed by atoms with van der Waals surface area (Å²) in [4.78, 5) is 14.0. The zero-order chi connectivity index (χ0) is 19.4. The summed E-state index contributed by atoms with van der Waals surface area (Å²) in [5, 5.41) is 2.97. The van der Waals surface area contributed by atoms with Crippen LogP contribution in [0.5, 0.6) is 11.5 Å². The van der Waals surface area contributed by atoms with Gasteiger partial charge >= 0.3 is 6.03 Å². The number of nitrogens with zero attached hydrogens (tertiary/aromatic N) is 1. The van der Waals surface area contributed by atoms with Crippen molar-refractivity contribution in [3.05, 3.63) is 59.4 Å². The molecule has 1 aliphatic rings. The van der Waals surface area contributed by atoms with Gasteiger partial charge < -0.3 is 19.7 Å². The fraction of sp³-hybridized carbons (Fsp3) is 0.381. The van der Waals surface area contributed by atoms with Crippen LogP contribution in [0.1, 0.15) is 25.0 Å². The predicted octanol–water partition coefficient (Wildman–Crippen LogP) is 3.72. The van der Waals surface area contributed by atoms with Crippen LogP contribution in [-0.4, -0.2) is 37.7 Å². The average molecular weight is 372 g/mol. The van der Waals surface area contributed by atoms with E-state index in [4.69, 9.17) is 9.47 Å². The normalized spacial score (nSPS) is 13.2. The molecule has 0 spiro atoms. The van der Waals surface area contributed by atoms with E-state index in [-0.39, 0.29) is 17.3 Å². The standard InChI is InChI=1S/C21H25FN2O3/c1-21(2,16-6-9-18-19(12-16)27-11-10-26-18)14-23-20(25)24(3)13-15-4-7-17(22)8-5-15/h4-9,12H,10-11,13-14H2,1-3H3,(H,23,25). The van der Waals surface area contributed by atoms with Gasteiger partial charge in [0.2, 0.25) is 0 Å². The smallest absolute Gasteiger partial charge is 0.317 e. The molecule has 2 amide bonds. The van der Waals surface area contributed by atoms with E-state index in [1.54, 1.807) is 24.1 Å². The number of urea groups is 1. The van der Waals surface area contributed by atoms with E-state index < -0.39 is 0 Å². The highest BCUT2D eigenvalue weighted by Gasteiger charge is 2.24. The Balaban J connectivity index is 1.59. The maximum Gasteiger partial charge on any atom is 0.317 e. The molecule has 0 saturated heterocycles. The number of hydrogen-bond donors (Lipinski definition) is 1. The monoisotopic (exact) mass is 372 g/mol. The van der Waals surface area contributed by atoms with E-state index in [0.717, 1.165) is 22.6 Å². The van der Waals surface area contributed by atoms with Crippen LogP contribution in [0.15, 0.2) is 42.5 Å². The lowest BCUT2D eigenvalue weighted by atomic mass is 9.84. The van der Waals surface area contributed by atoms with Gasteiger partial charge in [0, 0.05) is 25.6 Å². The Morgan fingerprint density at radius 1 is 1.11 bits per heavy atom. The van der Waals surface area contributed by atoms with Crippen molar-refractivity contribution < 1.29 is 18.7 Å². The maximum absolute atomic E-state index is 13.0. The van der Waals surface area contributed by atoms with Crippen LogP contribution in [0, 0.1) is 5.82 Å². The number of ether oxygens (including phenoxy) is 2. The van der Waals surface area contributed by atoms with Crippen molar-refractivity contribution in [3.63, 3.8) is 0 Å². The number of nitrogens with one attached hydrogen (secondary N) is 1. The van der Waals surface area contributed by atoms with Crippen molar-refractivity contribution in [1.82, 2.24) is 10.2 Å². The first kappa shape index (κ1) is 19.0. The largest absolute Gasteiger partial charge is 0.486 e. The third kappa shape index (κ3) is 4.70. The number of fused-ring (bicyclic) bond motifs is 1. The molecule has 3 rings (SSSR count). The Labute approximate surface area is 159 Å². The van der Waals surface area contributed by atoms with Crippen LogP contribution >= 0.6 is 0 Å². The molecule has 0 aliphatic carbocycles. The fourth-order valence-corrected chi connectivity index (χ4v) is 2.93. The van der Waals surface area contributed by atoms with Gasteiger partial charge in [-0.05, 0) is 35.4 Å². The number of amides is 2. The quantitative estimate of drug-likeness (QED) is 0.870. The molecule has 2 aromatic carbocycles. The summed E-state index contributed by atoms with van der Waals surface area (Å²) in [5.74, 6) is 1.21. The second-order valence-electron chi connectivity index (χ2n) is 7.38. The summed E-state index contributed by atoms with van der Waals surface area (Å²) < 4.78 is 24.2. The zero-order valence-corrected chi connectivity index (χ0v) is 15.9. The van der Waals surface area contributed by atoms with Crippen molar-refractivity contribution >= 4 is 6.03 Å². The van der Waals surface area contributed by atoms with Crippen LogP contribution in [0.2, 0.25) is 0 Å². The van der Waals surface area contributed by atoms with E-state index in [2.05, 4.69) is 19.2 Å². The van der Waals surface area contributed by atoms with Crippen molar-refractivity contribution in [2.45, 2.75) is 25.8 Å². The predicted molar refractivity (Wildman–Crippen MR) is 102 cm³/mol. The van der Waals surface area contributed by atoms with E-state index in [0.29, 0.717) is 26.3 Å². The molecule has 1 N–H and O–H groups in total. The van der Waals surface area contributed by atoms with Gasteiger partial charge in [-0.2, -0.15) is 0 Å². The fourth-order valence-electron chi connectivity index (χ4n) is 2.93. The van der Waals surface area contributed by atoms with Crippen LogP contribution < -0.4 is 14.8 Å². The minimum atomic E-state index is -0.285. The topological polar surface area (TPSA) is 50.8 Å². The first-order valence-electron chi connectivity index (χ1n) is 8.99. The summed E-state index contributed by atoms with van der Waals surface area (Å²) in [6.07, 6.45) is 0. The lowest BCUT2D eigenvalue weighted by molar-refractivity contribution is 0.171. The third-order valence-corrected chi connectivity index (χ3v) is 4.68. The van der Waals surface area contributed by atoms with Gasteiger partial charge in [0.15, 0.2) is 11.5 Å². The van der Waals surface area contributed by atoms with Crippen molar-refractivity contribution in [2.24, 2.45) is 0 Å². The Morgan fingerprint density at radius 2 is 1.78 bits per heavy atom. The summed E-state index contributed by atoms with van der Waals surface area (Å²) >= 11 is 0. The molecule has 0 radical (unpaired) electrons. The minimum Gasteiger partial charge on any atom is -0.486 e. The number of hydrogen-bond acceptors (Lipinski definition) is 3. The first-order chi connectivity index (χ1) is 12.8. The average Bonchev–Trinajstić information content (AvgIpc) is 2.67. The van der Waals surface area contributed by atoms with E-state index in [1.165, 1.54) is 12.1 Å². The van der Waals surface area contributed by atoms with Gasteiger partial charge in [-0.3, -0.25) is 0 Å². The minimum absolute atomic E-state index is 0.176. The van der Waals surface area contributed by atoms with Crippen molar-refractivity contribution in [1.29, 1.82) is 0 Å². The summed E-state index contributed by atoms with van der Waals surface area (Å²) in [6.45, 7) is 6.13. The molecule has 0 saturated carbocycles. The molecule has 1 heterocycles. The van der Waals surface area contributed by atoms with E-state index >= 15 is 0 Å². The van der Waals surface area contributed by atoms with Gasteiger partial charge in [-0.1, -0.05) is 32.0 Å². The van der Waals surface area contributed by atoms with Gasteiger partial charge in [0.05, 0.1) is 0 Å². The van der Waals surface area contributed by atoms with Gasteiger partial charge in [-0.25, -0.2) is 9.18 Å². The Bertz CT molecular complexity index is 806. The highest BCUT2D eigenvalue weighted by Crippen LogP contribution is 2.34. The molecule has 0 bridgehead atoms. The SMILES string of the molecule is CN(Cc1ccc(F)cc1)C(=O)NCC(C)(C)c1ccc2c(c1)OCCO2. The van der Waals surface area contributed by atoms with Crippen LogP contribution in [0.4, 0.5) is 9.18 Å². The van der Waals surface area contributed by atoms with Crippen LogP contribution in [-0.2, 0) is 12.0 Å².